The van der Waals surface area contributed by atoms with Gasteiger partial charge in [-0.1, -0.05) is 29.8 Å². The fourth-order valence-electron chi connectivity index (χ4n) is 3.08. The summed E-state index contributed by atoms with van der Waals surface area (Å²) in [4.78, 5) is 30.2. The van der Waals surface area contributed by atoms with Crippen molar-refractivity contribution in [1.82, 2.24) is 18.7 Å². The van der Waals surface area contributed by atoms with Crippen LogP contribution in [0.2, 0.25) is 0 Å². The van der Waals surface area contributed by atoms with E-state index in [0.29, 0.717) is 22.9 Å². The molecule has 0 bridgehead atoms. The average Bonchev–Trinajstić information content (AvgIpc) is 3.34. The van der Waals surface area contributed by atoms with Crippen LogP contribution in [0.5, 0.6) is 0 Å². The Balaban J connectivity index is 1.75. The molecule has 29 heavy (non-hydrogen) atoms. The number of benzene rings is 1. The highest BCUT2D eigenvalue weighted by Crippen LogP contribution is 2.14. The number of imidazole rings is 1. The summed E-state index contributed by atoms with van der Waals surface area (Å²) in [6.45, 7) is 2.17. The Kier molecular flexibility index (Phi) is 4.63. The maximum absolute atomic E-state index is 13.1. The Labute approximate surface area is 165 Å². The Morgan fingerprint density at radius 1 is 1.14 bits per heavy atom. The second kappa shape index (κ2) is 7.27. The van der Waals surface area contributed by atoms with Gasteiger partial charge < -0.3 is 8.98 Å². The van der Waals surface area contributed by atoms with E-state index >= 15 is 0 Å². The number of fused-ring (bicyclic) bond motifs is 1. The Morgan fingerprint density at radius 2 is 1.90 bits per heavy atom. The average molecular weight is 392 g/mol. The summed E-state index contributed by atoms with van der Waals surface area (Å²) >= 11 is 0. The minimum Gasteiger partial charge on any atom is -0.463 e. The zero-order chi connectivity index (χ0) is 20.5. The predicted molar refractivity (Wildman–Crippen MR) is 110 cm³/mol. The third kappa shape index (κ3) is 3.38. The molecule has 9 nitrogen and oxygen atoms in total. The predicted octanol–water partition coefficient (Wildman–Crippen LogP) is 1.83. The molecule has 0 unspecified atom stereocenters. The molecule has 4 rings (SSSR count). The van der Waals surface area contributed by atoms with Crippen LogP contribution in [0.1, 0.15) is 16.9 Å². The number of hydrogen-bond acceptors (Lipinski definition) is 6. The molecular formula is C20H20N6O3. The van der Waals surface area contributed by atoms with E-state index in [1.54, 1.807) is 37.1 Å². The SMILES string of the molecule is Cc1ccc(Cn2c(=O)c3c(nc(N/N=C\c4ccco4)n3C)n(C)c2=O)cc1. The topological polar surface area (TPSA) is 99.3 Å². The fourth-order valence-corrected chi connectivity index (χ4v) is 3.08. The molecule has 0 atom stereocenters. The molecule has 0 fully saturated rings. The van der Waals surface area contributed by atoms with Gasteiger partial charge in [0.05, 0.1) is 19.0 Å². The van der Waals surface area contributed by atoms with Crippen LogP contribution in [0, 0.1) is 6.92 Å². The lowest BCUT2D eigenvalue weighted by Crippen LogP contribution is -2.39. The van der Waals surface area contributed by atoms with Crippen molar-refractivity contribution in [3.05, 3.63) is 80.4 Å². The second-order valence-corrected chi connectivity index (χ2v) is 6.77. The van der Waals surface area contributed by atoms with Gasteiger partial charge in [0, 0.05) is 14.1 Å². The van der Waals surface area contributed by atoms with Gasteiger partial charge in [-0.2, -0.15) is 10.1 Å². The Hall–Kier alpha value is -3.88. The van der Waals surface area contributed by atoms with Gasteiger partial charge >= 0.3 is 5.69 Å². The van der Waals surface area contributed by atoms with Crippen molar-refractivity contribution < 1.29 is 4.42 Å². The number of rotatable bonds is 5. The quantitative estimate of drug-likeness (QED) is 0.413. The first-order valence-electron chi connectivity index (χ1n) is 9.00. The number of aromatic nitrogens is 4. The van der Waals surface area contributed by atoms with Crippen molar-refractivity contribution in [2.75, 3.05) is 5.43 Å². The van der Waals surface area contributed by atoms with Gasteiger partial charge in [-0.15, -0.1) is 0 Å². The van der Waals surface area contributed by atoms with Gasteiger partial charge in [0.2, 0.25) is 5.95 Å². The summed E-state index contributed by atoms with van der Waals surface area (Å²) in [5, 5.41) is 4.07. The number of hydrazone groups is 1. The van der Waals surface area contributed by atoms with Gasteiger partial charge in [0.15, 0.2) is 11.2 Å². The highest BCUT2D eigenvalue weighted by Gasteiger charge is 2.18. The lowest BCUT2D eigenvalue weighted by atomic mass is 10.1. The van der Waals surface area contributed by atoms with Crippen LogP contribution in [-0.4, -0.2) is 24.9 Å². The van der Waals surface area contributed by atoms with Crippen molar-refractivity contribution in [3.8, 4) is 0 Å². The Morgan fingerprint density at radius 3 is 2.59 bits per heavy atom. The van der Waals surface area contributed by atoms with Crippen LogP contribution < -0.4 is 16.7 Å². The molecule has 1 N–H and O–H groups in total. The lowest BCUT2D eigenvalue weighted by molar-refractivity contribution is 0.560. The fraction of sp³-hybridized carbons (Fsp3) is 0.200. The molecule has 0 aliphatic heterocycles. The van der Waals surface area contributed by atoms with Crippen LogP contribution in [-0.2, 0) is 20.6 Å². The summed E-state index contributed by atoms with van der Waals surface area (Å²) in [5.41, 5.74) is 4.55. The number of hydrogen-bond donors (Lipinski definition) is 1. The van der Waals surface area contributed by atoms with Gasteiger partial charge in [0.1, 0.15) is 5.76 Å². The molecule has 0 saturated carbocycles. The van der Waals surface area contributed by atoms with E-state index in [-0.39, 0.29) is 6.54 Å². The van der Waals surface area contributed by atoms with Crippen LogP contribution >= 0.6 is 0 Å². The number of nitrogens with zero attached hydrogens (tertiary/aromatic N) is 5. The van der Waals surface area contributed by atoms with Crippen LogP contribution in [0.25, 0.3) is 11.2 Å². The summed E-state index contributed by atoms with van der Waals surface area (Å²) in [6, 6.07) is 11.2. The second-order valence-electron chi connectivity index (χ2n) is 6.77. The standard InChI is InChI=1S/C20H20N6O3/c1-13-6-8-14(9-7-13)12-26-18(27)16-17(25(3)20(26)28)22-19(24(16)2)23-21-11-15-5-4-10-29-15/h4-11H,12H2,1-3H3,(H,22,23)/b21-11-. The first-order chi connectivity index (χ1) is 14.0. The van der Waals surface area contributed by atoms with E-state index in [1.165, 1.54) is 15.3 Å². The third-order valence-corrected chi connectivity index (χ3v) is 4.72. The van der Waals surface area contributed by atoms with Gasteiger partial charge in [-0.25, -0.2) is 10.2 Å². The normalized spacial score (nSPS) is 11.6. The third-order valence-electron chi connectivity index (χ3n) is 4.72. The highest BCUT2D eigenvalue weighted by atomic mass is 16.3. The van der Waals surface area contributed by atoms with E-state index in [2.05, 4.69) is 15.5 Å². The first-order valence-corrected chi connectivity index (χ1v) is 9.00. The Bertz CT molecular complexity index is 1310. The molecule has 0 aliphatic carbocycles. The molecule has 9 heteroatoms. The van der Waals surface area contributed by atoms with E-state index in [9.17, 15) is 9.59 Å². The molecule has 0 saturated heterocycles. The minimum atomic E-state index is -0.424. The molecule has 3 heterocycles. The molecule has 148 valence electrons. The van der Waals surface area contributed by atoms with Gasteiger partial charge in [-0.05, 0) is 24.6 Å². The van der Waals surface area contributed by atoms with Crippen LogP contribution in [0.15, 0.2) is 61.8 Å². The van der Waals surface area contributed by atoms with Gasteiger partial charge in [0.25, 0.3) is 5.56 Å². The van der Waals surface area contributed by atoms with Crippen molar-refractivity contribution in [2.45, 2.75) is 13.5 Å². The first kappa shape index (κ1) is 18.5. The maximum Gasteiger partial charge on any atom is 0.332 e. The molecule has 0 aliphatic rings. The molecule has 0 radical (unpaired) electrons. The molecule has 1 aromatic carbocycles. The largest absolute Gasteiger partial charge is 0.463 e. The van der Waals surface area contributed by atoms with E-state index in [1.807, 2.05) is 31.2 Å². The van der Waals surface area contributed by atoms with Crippen molar-refractivity contribution >= 4 is 23.3 Å². The zero-order valence-corrected chi connectivity index (χ0v) is 16.3. The summed E-state index contributed by atoms with van der Waals surface area (Å²) in [6.07, 6.45) is 3.04. The van der Waals surface area contributed by atoms with E-state index < -0.39 is 11.2 Å². The van der Waals surface area contributed by atoms with Crippen LogP contribution in [0.4, 0.5) is 5.95 Å². The van der Waals surface area contributed by atoms with Crippen molar-refractivity contribution in [3.63, 3.8) is 0 Å². The number of aryl methyl sites for hydroxylation is 3. The number of anilines is 1. The molecular weight excluding hydrogens is 372 g/mol. The van der Waals surface area contributed by atoms with Crippen molar-refractivity contribution in [2.24, 2.45) is 19.2 Å². The lowest BCUT2D eigenvalue weighted by Gasteiger charge is -2.09. The summed E-state index contributed by atoms with van der Waals surface area (Å²) in [7, 11) is 3.29. The zero-order valence-electron chi connectivity index (χ0n) is 16.3. The molecule has 3 aromatic heterocycles. The summed E-state index contributed by atoms with van der Waals surface area (Å²) < 4.78 is 9.34. The minimum absolute atomic E-state index is 0.187. The number of nitrogens with one attached hydrogen (secondary N) is 1. The smallest absolute Gasteiger partial charge is 0.332 e. The summed E-state index contributed by atoms with van der Waals surface area (Å²) in [5.74, 6) is 0.909. The highest BCUT2D eigenvalue weighted by molar-refractivity contribution is 5.77. The van der Waals surface area contributed by atoms with Crippen LogP contribution in [0.3, 0.4) is 0 Å². The van der Waals surface area contributed by atoms with Gasteiger partial charge in [-0.3, -0.25) is 13.9 Å². The number of furan rings is 1. The molecule has 0 amide bonds. The monoisotopic (exact) mass is 392 g/mol. The molecule has 4 aromatic rings. The van der Waals surface area contributed by atoms with Crippen molar-refractivity contribution in [1.29, 1.82) is 0 Å². The van der Waals surface area contributed by atoms with E-state index in [4.69, 9.17) is 4.42 Å². The maximum atomic E-state index is 13.1. The van der Waals surface area contributed by atoms with E-state index in [0.717, 1.165) is 11.1 Å². The molecule has 0 spiro atoms.